The minimum absolute atomic E-state index is 0.131. The van der Waals surface area contributed by atoms with Crippen LogP contribution >= 0.6 is 27.5 Å². The van der Waals surface area contributed by atoms with E-state index in [1.165, 1.54) is 9.80 Å². The number of nitrogens with zero attached hydrogens (tertiary/aromatic N) is 3. The van der Waals surface area contributed by atoms with Crippen molar-refractivity contribution in [3.05, 3.63) is 78.9 Å². The molecule has 3 amide bonds. The molecule has 45 heavy (non-hydrogen) atoms. The molecule has 3 heterocycles. The van der Waals surface area contributed by atoms with Crippen LogP contribution in [0.15, 0.2) is 73.8 Å². The Hall–Kier alpha value is -3.18. The van der Waals surface area contributed by atoms with Crippen LogP contribution in [0.1, 0.15) is 26.7 Å². The van der Waals surface area contributed by atoms with Gasteiger partial charge in [0.25, 0.3) is 5.91 Å². The summed E-state index contributed by atoms with van der Waals surface area (Å²) in [5.74, 6) is -2.23. The second-order valence-corrected chi connectivity index (χ2v) is 13.1. The lowest BCUT2D eigenvalue weighted by molar-refractivity contribution is -0.144. The summed E-state index contributed by atoms with van der Waals surface area (Å²) in [4.78, 5) is 48.2. The maximum Gasteiger partial charge on any atom is 0.253 e. The van der Waals surface area contributed by atoms with Gasteiger partial charge in [0.05, 0.1) is 47.9 Å². The van der Waals surface area contributed by atoms with Gasteiger partial charge in [-0.3, -0.25) is 14.4 Å². The van der Waals surface area contributed by atoms with E-state index in [0.717, 1.165) is 0 Å². The normalized spacial score (nSPS) is 27.2. The SMILES string of the molecule is C=CCN(C(=O)[C@H]1[C@H]2C(=O)N([C@@H](CC)CO)C(C(=O)N(CC=C)c3ccccc3Cl)C23CC(Br)[C@@H]1O3)c1ccc(OCC)cc1. The van der Waals surface area contributed by atoms with Crippen LogP contribution in [0, 0.1) is 11.8 Å². The zero-order chi connectivity index (χ0) is 32.5. The van der Waals surface area contributed by atoms with Gasteiger partial charge in [0.2, 0.25) is 11.8 Å². The van der Waals surface area contributed by atoms with E-state index in [2.05, 4.69) is 29.1 Å². The fourth-order valence-corrected chi connectivity index (χ4v) is 8.39. The summed E-state index contributed by atoms with van der Waals surface area (Å²) in [6, 6.07) is 12.4. The summed E-state index contributed by atoms with van der Waals surface area (Å²) < 4.78 is 12.3. The van der Waals surface area contributed by atoms with Crippen molar-refractivity contribution < 1.29 is 29.0 Å². The number of para-hydroxylation sites is 1. The Morgan fingerprint density at radius 3 is 2.40 bits per heavy atom. The highest BCUT2D eigenvalue weighted by Crippen LogP contribution is 2.61. The number of fused-ring (bicyclic) bond motifs is 1. The van der Waals surface area contributed by atoms with Crippen LogP contribution in [-0.2, 0) is 19.1 Å². The molecule has 3 saturated heterocycles. The molecule has 2 bridgehead atoms. The number of amides is 3. The van der Waals surface area contributed by atoms with Gasteiger partial charge in [-0.25, -0.2) is 0 Å². The molecular weight excluding hydrogens is 662 g/mol. The van der Waals surface area contributed by atoms with Crippen molar-refractivity contribution in [2.75, 3.05) is 36.1 Å². The molecule has 3 aliphatic heterocycles. The Balaban J connectivity index is 1.60. The number of benzene rings is 2. The van der Waals surface area contributed by atoms with E-state index in [1.807, 2.05) is 13.8 Å². The summed E-state index contributed by atoms with van der Waals surface area (Å²) >= 11 is 10.3. The summed E-state index contributed by atoms with van der Waals surface area (Å²) in [5, 5.41) is 10.8. The van der Waals surface area contributed by atoms with Crippen LogP contribution in [0.4, 0.5) is 11.4 Å². The Labute approximate surface area is 277 Å². The monoisotopic (exact) mass is 699 g/mol. The van der Waals surface area contributed by atoms with Crippen molar-refractivity contribution in [1.82, 2.24) is 4.90 Å². The number of carbonyl (C=O) groups is 3. The first-order chi connectivity index (χ1) is 21.7. The molecule has 3 aliphatic rings. The fourth-order valence-electron chi connectivity index (χ4n) is 7.21. The molecule has 240 valence electrons. The number of rotatable bonds is 13. The van der Waals surface area contributed by atoms with Gasteiger partial charge in [-0.05, 0) is 56.2 Å². The van der Waals surface area contributed by atoms with Gasteiger partial charge in [0.1, 0.15) is 17.4 Å². The number of anilines is 2. The first-order valence-corrected chi connectivity index (χ1v) is 16.5. The highest BCUT2D eigenvalue weighted by molar-refractivity contribution is 9.09. The topological polar surface area (TPSA) is 99.6 Å². The van der Waals surface area contributed by atoms with E-state index in [4.69, 9.17) is 21.1 Å². The molecule has 0 aliphatic carbocycles. The second kappa shape index (κ2) is 13.7. The molecule has 5 rings (SSSR count). The molecule has 3 fully saturated rings. The molecule has 11 heteroatoms. The van der Waals surface area contributed by atoms with E-state index < -0.39 is 41.5 Å². The van der Waals surface area contributed by atoms with Crippen molar-refractivity contribution in [2.24, 2.45) is 11.8 Å². The third kappa shape index (κ3) is 5.60. The van der Waals surface area contributed by atoms with Crippen LogP contribution < -0.4 is 14.5 Å². The number of alkyl halides is 1. The molecule has 2 aromatic rings. The van der Waals surface area contributed by atoms with Crippen LogP contribution in [-0.4, -0.2) is 82.6 Å². The highest BCUT2D eigenvalue weighted by atomic mass is 79.9. The Kier molecular flexibility index (Phi) is 10.1. The maximum atomic E-state index is 14.8. The second-order valence-electron chi connectivity index (χ2n) is 11.5. The first-order valence-electron chi connectivity index (χ1n) is 15.3. The Morgan fingerprint density at radius 2 is 1.80 bits per heavy atom. The fraction of sp³-hybridized carbons (Fsp3) is 0.441. The zero-order valence-electron chi connectivity index (χ0n) is 25.5. The van der Waals surface area contributed by atoms with Crippen LogP contribution in [0.3, 0.4) is 0 Å². The van der Waals surface area contributed by atoms with E-state index in [9.17, 15) is 19.5 Å². The number of likely N-dealkylation sites (tertiary alicyclic amines) is 1. The average molecular weight is 701 g/mol. The Morgan fingerprint density at radius 1 is 1.13 bits per heavy atom. The molecule has 0 saturated carbocycles. The molecule has 1 N–H and O–H groups in total. The molecule has 0 aromatic heterocycles. The van der Waals surface area contributed by atoms with Crippen LogP contribution in [0.2, 0.25) is 5.02 Å². The van der Waals surface area contributed by atoms with Gasteiger partial charge in [-0.1, -0.05) is 58.7 Å². The summed E-state index contributed by atoms with van der Waals surface area (Å²) in [7, 11) is 0. The number of aliphatic hydroxyl groups is 1. The number of hydrogen-bond donors (Lipinski definition) is 1. The van der Waals surface area contributed by atoms with Gasteiger partial charge >= 0.3 is 0 Å². The average Bonchev–Trinajstić information content (AvgIpc) is 3.63. The summed E-state index contributed by atoms with van der Waals surface area (Å²) in [6.07, 6.45) is 3.31. The molecule has 2 aromatic carbocycles. The van der Waals surface area contributed by atoms with E-state index in [1.54, 1.807) is 65.6 Å². The number of carbonyl (C=O) groups excluding carboxylic acids is 3. The number of ether oxygens (including phenoxy) is 2. The predicted molar refractivity (Wildman–Crippen MR) is 178 cm³/mol. The molecule has 7 atom stereocenters. The highest BCUT2D eigenvalue weighted by Gasteiger charge is 2.77. The van der Waals surface area contributed by atoms with Gasteiger partial charge in [-0.2, -0.15) is 0 Å². The molecule has 0 radical (unpaired) electrons. The molecular formula is C34H39BrClN3O6. The third-order valence-electron chi connectivity index (χ3n) is 9.08. The van der Waals surface area contributed by atoms with Crippen molar-refractivity contribution >= 4 is 56.6 Å². The smallest absolute Gasteiger partial charge is 0.253 e. The van der Waals surface area contributed by atoms with Crippen molar-refractivity contribution in [3.8, 4) is 5.75 Å². The van der Waals surface area contributed by atoms with Crippen molar-refractivity contribution in [2.45, 2.75) is 55.3 Å². The van der Waals surface area contributed by atoms with E-state index in [0.29, 0.717) is 41.6 Å². The van der Waals surface area contributed by atoms with Gasteiger partial charge in [-0.15, -0.1) is 13.2 Å². The first kappa shape index (κ1) is 33.2. The minimum atomic E-state index is -1.31. The lowest BCUT2D eigenvalue weighted by atomic mass is 9.70. The van der Waals surface area contributed by atoms with E-state index >= 15 is 0 Å². The number of halogens is 2. The lowest BCUT2D eigenvalue weighted by Gasteiger charge is -2.39. The van der Waals surface area contributed by atoms with Crippen molar-refractivity contribution in [1.29, 1.82) is 0 Å². The summed E-state index contributed by atoms with van der Waals surface area (Å²) in [5.41, 5.74) is -0.217. The summed E-state index contributed by atoms with van der Waals surface area (Å²) in [6.45, 7) is 11.9. The molecule has 3 unspecified atom stereocenters. The molecule has 9 nitrogen and oxygen atoms in total. The van der Waals surface area contributed by atoms with Gasteiger partial charge in [0.15, 0.2) is 0 Å². The van der Waals surface area contributed by atoms with Crippen LogP contribution in [0.25, 0.3) is 0 Å². The van der Waals surface area contributed by atoms with Crippen LogP contribution in [0.5, 0.6) is 5.75 Å². The van der Waals surface area contributed by atoms with E-state index in [-0.39, 0.29) is 36.3 Å². The predicted octanol–water partition coefficient (Wildman–Crippen LogP) is 5.00. The Bertz CT molecular complexity index is 1450. The number of hydrogen-bond acceptors (Lipinski definition) is 6. The third-order valence-corrected chi connectivity index (χ3v) is 10.2. The standard InChI is InChI=1S/C34H39BrClN3O6/c1-5-17-37(22-13-15-23(16-14-22)44-8-4)31(41)27-28-32(42)39(21(7-3)20-40)30(34(28)19-24(35)29(27)45-34)33(43)38(18-6-2)26-12-10-9-11-25(26)36/h5-6,9-16,21,24,27-30,40H,1-2,7-8,17-20H2,3-4H3/t21-,24?,27-,28-,29-,30?,34?/m0/s1. The van der Waals surface area contributed by atoms with Crippen molar-refractivity contribution in [3.63, 3.8) is 0 Å². The largest absolute Gasteiger partial charge is 0.494 e. The minimum Gasteiger partial charge on any atom is -0.494 e. The molecule has 1 spiro atoms. The van der Waals surface area contributed by atoms with Gasteiger partial charge in [0, 0.05) is 23.6 Å². The zero-order valence-corrected chi connectivity index (χ0v) is 27.8. The maximum absolute atomic E-state index is 14.8. The van der Waals surface area contributed by atoms with Gasteiger partial charge < -0.3 is 29.3 Å². The lowest BCUT2D eigenvalue weighted by Crippen LogP contribution is -2.59. The quantitative estimate of drug-likeness (QED) is 0.234. The number of aliphatic hydroxyl groups excluding tert-OH is 1.